The van der Waals surface area contributed by atoms with Crippen LogP contribution in [0.5, 0.6) is 0 Å². The van der Waals surface area contributed by atoms with Gasteiger partial charge in [0.05, 0.1) is 69.3 Å². The number of aromatic nitrogens is 1. The van der Waals surface area contributed by atoms with Crippen molar-refractivity contribution >= 4 is 119 Å². The third-order valence-corrected chi connectivity index (χ3v) is 14.2. The summed E-state index contributed by atoms with van der Waals surface area (Å²) >= 11 is 24.2. The van der Waals surface area contributed by atoms with Gasteiger partial charge in [-0.25, -0.2) is 0 Å². The molecule has 0 radical (unpaired) electrons. The van der Waals surface area contributed by atoms with E-state index in [-0.39, 0.29) is 17.2 Å². The average molecular weight is 1090 g/mol. The number of hydrogen-bond acceptors (Lipinski definition) is 14. The van der Waals surface area contributed by atoms with Crippen LogP contribution in [0.15, 0.2) is 132 Å². The molecule has 326 valence electrons. The van der Waals surface area contributed by atoms with Gasteiger partial charge in [0.25, 0.3) is 11.4 Å². The van der Waals surface area contributed by atoms with E-state index in [4.69, 9.17) is 58.3 Å². The van der Waals surface area contributed by atoms with Crippen LogP contribution in [0, 0.1) is 23.8 Å². The van der Waals surface area contributed by atoms with Crippen LogP contribution in [0.1, 0.15) is 36.1 Å². The maximum absolute atomic E-state index is 11.9. The van der Waals surface area contributed by atoms with Crippen molar-refractivity contribution in [2.45, 2.75) is 11.6 Å². The summed E-state index contributed by atoms with van der Waals surface area (Å²) in [5.74, 6) is -1.39. The van der Waals surface area contributed by atoms with Gasteiger partial charge in [-0.05, 0) is 108 Å². The van der Waals surface area contributed by atoms with Gasteiger partial charge in [0.2, 0.25) is 17.4 Å². The second-order valence-corrected chi connectivity index (χ2v) is 20.0. The van der Waals surface area contributed by atoms with E-state index in [0.717, 1.165) is 46.7 Å². The van der Waals surface area contributed by atoms with Gasteiger partial charge in [-0.15, -0.1) is 34.0 Å². The van der Waals surface area contributed by atoms with E-state index in [1.807, 2.05) is 54.6 Å². The van der Waals surface area contributed by atoms with Crippen LogP contribution >= 0.6 is 91.4 Å². The van der Waals surface area contributed by atoms with E-state index in [9.17, 15) is 25.0 Å². The number of fused-ring (bicyclic) bond motifs is 1. The number of benzene rings is 4. The molecule has 0 N–H and O–H groups in total. The number of thiophene rings is 3. The fourth-order valence-electron chi connectivity index (χ4n) is 6.81. The highest BCUT2D eigenvalue weighted by molar-refractivity contribution is 14.1. The Labute approximate surface area is 404 Å². The third kappa shape index (κ3) is 9.80. The van der Waals surface area contributed by atoms with Gasteiger partial charge < -0.3 is 23.5 Å². The van der Waals surface area contributed by atoms with Crippen molar-refractivity contribution in [3.63, 3.8) is 0 Å². The quantitative estimate of drug-likeness (QED) is 0.0584. The molecule has 2 fully saturated rings. The minimum atomic E-state index is -1.01. The van der Waals surface area contributed by atoms with Gasteiger partial charge >= 0.3 is 0 Å². The van der Waals surface area contributed by atoms with Crippen LogP contribution < -0.4 is 0 Å². The SMILES string of the molecule is Clc1ccc(C2(c3ccc4noc(-c5cccc(I)c5)c4c3)OCCO2)s1.O=C(c1ccc([N+](=O)[O-])cc1)c1ccc(Cl)s1.O=[N+]([O-])c1ccc(C2(c3ccc(Cl)s3)OCCO2)cc1. The van der Waals surface area contributed by atoms with Crippen LogP contribution in [0.4, 0.5) is 11.4 Å². The second-order valence-electron chi connectivity index (χ2n) is 13.6. The molecule has 0 spiro atoms. The molecule has 0 saturated carbocycles. The molecular formula is C44H29Cl3IN3O10S3. The highest BCUT2D eigenvalue weighted by Gasteiger charge is 2.43. The van der Waals surface area contributed by atoms with Gasteiger partial charge in [-0.1, -0.05) is 58.2 Å². The molecule has 0 unspecified atom stereocenters. The zero-order chi connectivity index (χ0) is 45.0. The number of rotatable bonds is 9. The fraction of sp³-hybridized carbons (Fsp3) is 0.136. The molecule has 13 nitrogen and oxygen atoms in total. The Morgan fingerprint density at radius 2 is 1.14 bits per heavy atom. The van der Waals surface area contributed by atoms with Crippen LogP contribution in [-0.4, -0.2) is 47.2 Å². The predicted octanol–water partition coefficient (Wildman–Crippen LogP) is 13.2. The number of nitro groups is 2. The van der Waals surface area contributed by atoms with Crippen molar-refractivity contribution < 1.29 is 38.1 Å². The fourth-order valence-corrected chi connectivity index (χ4v) is 10.7. The summed E-state index contributed by atoms with van der Waals surface area (Å²) in [5.41, 5.74) is 3.82. The molecule has 4 aromatic heterocycles. The Kier molecular flexibility index (Phi) is 14.2. The highest BCUT2D eigenvalue weighted by atomic mass is 127. The maximum Gasteiger partial charge on any atom is 0.269 e. The number of carbonyl (C=O) groups is 1. The van der Waals surface area contributed by atoms with Gasteiger partial charge in [0, 0.05) is 50.1 Å². The van der Waals surface area contributed by atoms with E-state index in [1.165, 1.54) is 70.4 Å². The Bertz CT molecular complexity index is 2960. The molecule has 4 aromatic carbocycles. The molecule has 6 heterocycles. The molecule has 0 bridgehead atoms. The van der Waals surface area contributed by atoms with Crippen LogP contribution in [0.2, 0.25) is 13.0 Å². The lowest BCUT2D eigenvalue weighted by Crippen LogP contribution is -2.27. The van der Waals surface area contributed by atoms with E-state index in [1.54, 1.807) is 30.3 Å². The van der Waals surface area contributed by atoms with Gasteiger partial charge in [0.15, 0.2) is 5.76 Å². The molecule has 20 heteroatoms. The van der Waals surface area contributed by atoms with Crippen molar-refractivity contribution in [3.05, 3.63) is 196 Å². The maximum atomic E-state index is 11.9. The zero-order valence-corrected chi connectivity index (χ0v) is 39.5. The number of carbonyl (C=O) groups excluding carboxylic acids is 1. The number of ether oxygens (including phenoxy) is 4. The first-order valence-corrected chi connectivity index (χ1v) is 23.5. The largest absolute Gasteiger partial charge is 0.355 e. The van der Waals surface area contributed by atoms with Crippen LogP contribution in [0.3, 0.4) is 0 Å². The normalized spacial score (nSPS) is 14.9. The Morgan fingerprint density at radius 3 is 1.64 bits per heavy atom. The molecule has 2 saturated heterocycles. The monoisotopic (exact) mass is 1090 g/mol. The predicted molar refractivity (Wildman–Crippen MR) is 255 cm³/mol. The van der Waals surface area contributed by atoms with Crippen LogP contribution in [-0.2, 0) is 30.5 Å². The lowest BCUT2D eigenvalue weighted by Gasteiger charge is -2.26. The van der Waals surface area contributed by atoms with Crippen molar-refractivity contribution in [1.82, 2.24) is 5.16 Å². The smallest absolute Gasteiger partial charge is 0.269 e. The first-order chi connectivity index (χ1) is 30.8. The van der Waals surface area contributed by atoms with E-state index in [2.05, 4.69) is 33.8 Å². The molecular weight excluding hydrogens is 1060 g/mol. The molecule has 0 amide bonds. The summed E-state index contributed by atoms with van der Waals surface area (Å²) in [5, 5.41) is 26.3. The van der Waals surface area contributed by atoms with Crippen molar-refractivity contribution in [2.24, 2.45) is 0 Å². The molecule has 10 rings (SSSR count). The summed E-state index contributed by atoms with van der Waals surface area (Å²) in [7, 11) is 0. The van der Waals surface area contributed by atoms with Crippen LogP contribution in [0.25, 0.3) is 22.2 Å². The van der Waals surface area contributed by atoms with Gasteiger partial charge in [0.1, 0.15) is 5.52 Å². The Morgan fingerprint density at radius 1 is 0.625 bits per heavy atom. The molecule has 8 aromatic rings. The van der Waals surface area contributed by atoms with Crippen molar-refractivity contribution in [1.29, 1.82) is 0 Å². The second kappa shape index (κ2) is 19.8. The van der Waals surface area contributed by atoms with Crippen molar-refractivity contribution in [3.8, 4) is 11.3 Å². The van der Waals surface area contributed by atoms with E-state index >= 15 is 0 Å². The lowest BCUT2D eigenvalue weighted by molar-refractivity contribution is -0.385. The third-order valence-electron chi connectivity index (χ3n) is 9.72. The van der Waals surface area contributed by atoms with E-state index < -0.39 is 21.4 Å². The number of hydrogen-bond donors (Lipinski definition) is 0. The zero-order valence-electron chi connectivity index (χ0n) is 32.6. The number of halogens is 4. The van der Waals surface area contributed by atoms with Gasteiger partial charge in [-0.3, -0.25) is 25.0 Å². The summed E-state index contributed by atoms with van der Waals surface area (Å²) < 4.78 is 32.4. The lowest BCUT2D eigenvalue weighted by atomic mass is 10.00. The molecule has 2 aliphatic heterocycles. The summed E-state index contributed by atoms with van der Waals surface area (Å²) in [6, 6.07) is 36.5. The molecule has 0 aliphatic carbocycles. The minimum Gasteiger partial charge on any atom is -0.355 e. The number of non-ortho nitro benzene ring substituents is 2. The number of nitrogens with zero attached hydrogens (tertiary/aromatic N) is 3. The standard InChI is InChI=1S/C20H13ClINO3S.C13H10ClNO4S.C11H6ClNO3S/c21-18-7-6-17(27-18)20(24-8-9-25-20)13-4-5-16-15(11-13)19(26-23-16)12-2-1-3-14(22)10-12;14-12-6-5-11(20-12)13(18-7-8-19-13)9-1-3-10(4-2-9)15(16)17;12-10-6-5-9(17-10)11(14)7-1-3-8(4-2-7)13(15)16/h1-7,10-11H,8-9H2;1-6H,7-8H2;1-6H. The Balaban J connectivity index is 0.000000136. The molecule has 64 heavy (non-hydrogen) atoms. The topological polar surface area (TPSA) is 166 Å². The highest BCUT2D eigenvalue weighted by Crippen LogP contribution is 2.45. The summed E-state index contributed by atoms with van der Waals surface area (Å²) in [4.78, 5) is 34.4. The number of ketones is 1. The molecule has 0 atom stereocenters. The number of nitro benzene ring substituents is 2. The van der Waals surface area contributed by atoms with E-state index in [0.29, 0.717) is 49.9 Å². The average Bonchev–Trinajstić information content (AvgIpc) is 4.16. The van der Waals surface area contributed by atoms with Gasteiger partial charge in [-0.2, -0.15) is 0 Å². The first kappa shape index (κ1) is 45.9. The summed E-state index contributed by atoms with van der Waals surface area (Å²) in [6.45, 7) is 1.99. The first-order valence-electron chi connectivity index (χ1n) is 18.9. The van der Waals surface area contributed by atoms with Crippen molar-refractivity contribution in [2.75, 3.05) is 26.4 Å². The minimum absolute atomic E-state index is 0.0334. The Hall–Kier alpha value is -4.64. The summed E-state index contributed by atoms with van der Waals surface area (Å²) in [6.07, 6.45) is 0. The molecule has 2 aliphatic rings.